The van der Waals surface area contributed by atoms with Gasteiger partial charge >= 0.3 is 0 Å². The molecule has 3 aliphatic heterocycles. The number of nitrogens with zero attached hydrogens (tertiary/aromatic N) is 4. The topological polar surface area (TPSA) is 64.7 Å². The van der Waals surface area contributed by atoms with Gasteiger partial charge in [-0.15, -0.1) is 0 Å². The number of carbonyl (C=O) groups is 2. The van der Waals surface area contributed by atoms with Gasteiger partial charge in [0.2, 0.25) is 11.8 Å². The Bertz CT molecular complexity index is 980. The predicted octanol–water partition coefficient (Wildman–Crippen LogP) is 1.68. The maximum atomic E-state index is 12.8. The van der Waals surface area contributed by atoms with Crippen molar-refractivity contribution < 1.29 is 18.6 Å². The number of nitrogens with one attached hydrogen (secondary N) is 2. The van der Waals surface area contributed by atoms with E-state index in [-0.39, 0.29) is 11.8 Å². The van der Waals surface area contributed by atoms with Gasteiger partial charge in [-0.2, -0.15) is 0 Å². The second kappa shape index (κ2) is 13.7. The molecule has 2 aromatic rings. The van der Waals surface area contributed by atoms with Crippen LogP contribution in [0.3, 0.4) is 0 Å². The van der Waals surface area contributed by atoms with Crippen LogP contribution in [0.25, 0.3) is 0 Å². The lowest BCUT2D eigenvalue weighted by Gasteiger charge is -2.54. The summed E-state index contributed by atoms with van der Waals surface area (Å²) < 4.78 is 2.34. The Kier molecular flexibility index (Phi) is 9.86. The van der Waals surface area contributed by atoms with E-state index in [1.165, 1.54) is 46.3 Å². The normalized spacial score (nSPS) is 20.1. The SMILES string of the molecule is O=C(CCNCc1ccccc1)N1CC[N+]2(CC1)CC[N+]1(CCN(C(=O)CCNCc3ccccc3)CC1)CC2. The van der Waals surface area contributed by atoms with Crippen LogP contribution in [0.1, 0.15) is 24.0 Å². The van der Waals surface area contributed by atoms with Crippen LogP contribution in [0.2, 0.25) is 0 Å². The summed E-state index contributed by atoms with van der Waals surface area (Å²) in [5.74, 6) is 0.574. The summed E-state index contributed by atoms with van der Waals surface area (Å²) in [6.45, 7) is 15.8. The standard InChI is InChI=1S/C32H48N6O2/c39-31(11-13-33-27-29-7-3-1-4-8-29)35-15-19-37(20-16-35)23-25-38(26-24-37)21-17-36(18-22-38)32(40)12-14-34-28-30-9-5-2-6-10-30/h1-10,33-34H,11-28H2/q+2. The van der Waals surface area contributed by atoms with Crippen molar-refractivity contribution in [3.05, 3.63) is 71.8 Å². The van der Waals surface area contributed by atoms with Crippen LogP contribution in [-0.2, 0) is 22.7 Å². The summed E-state index contributed by atoms with van der Waals surface area (Å²) in [4.78, 5) is 29.8. The van der Waals surface area contributed by atoms with E-state index in [1.54, 1.807) is 0 Å². The molecule has 0 bridgehead atoms. The molecule has 8 nitrogen and oxygen atoms in total. The minimum atomic E-state index is 0.287. The van der Waals surface area contributed by atoms with Gasteiger partial charge in [0, 0.05) is 39.0 Å². The fraction of sp³-hybridized carbons (Fsp3) is 0.562. The van der Waals surface area contributed by atoms with E-state index in [0.717, 1.165) is 78.5 Å². The summed E-state index contributed by atoms with van der Waals surface area (Å²) in [7, 11) is 0. The Morgan fingerprint density at radius 1 is 0.550 bits per heavy atom. The third kappa shape index (κ3) is 7.69. The molecule has 40 heavy (non-hydrogen) atoms. The first-order valence-corrected chi connectivity index (χ1v) is 15.3. The molecule has 2 amide bonds. The van der Waals surface area contributed by atoms with Crippen molar-refractivity contribution in [2.45, 2.75) is 25.9 Å². The molecule has 2 N–H and O–H groups in total. The summed E-state index contributed by atoms with van der Waals surface area (Å²) in [6, 6.07) is 20.7. The minimum absolute atomic E-state index is 0.287. The molecular formula is C32H48N6O2+2. The quantitative estimate of drug-likeness (QED) is 0.350. The van der Waals surface area contributed by atoms with Crippen molar-refractivity contribution in [1.29, 1.82) is 0 Å². The van der Waals surface area contributed by atoms with E-state index in [9.17, 15) is 9.59 Å². The second-order valence-corrected chi connectivity index (χ2v) is 12.1. The smallest absolute Gasteiger partial charge is 0.224 e. The molecule has 3 heterocycles. The largest absolute Gasteiger partial charge is 0.331 e. The first-order chi connectivity index (χ1) is 19.5. The maximum absolute atomic E-state index is 12.8. The molecule has 0 unspecified atom stereocenters. The van der Waals surface area contributed by atoms with Crippen molar-refractivity contribution >= 4 is 11.8 Å². The summed E-state index contributed by atoms with van der Waals surface area (Å²) in [6.07, 6.45) is 1.15. The number of benzene rings is 2. The van der Waals surface area contributed by atoms with Crippen molar-refractivity contribution in [2.24, 2.45) is 0 Å². The second-order valence-electron chi connectivity index (χ2n) is 12.1. The van der Waals surface area contributed by atoms with Crippen LogP contribution in [-0.4, -0.2) is 122 Å². The van der Waals surface area contributed by atoms with Crippen molar-refractivity contribution in [2.75, 3.05) is 91.6 Å². The first-order valence-electron chi connectivity index (χ1n) is 15.3. The van der Waals surface area contributed by atoms with Gasteiger partial charge in [-0.1, -0.05) is 60.7 Å². The molecule has 2 spiro atoms. The highest BCUT2D eigenvalue weighted by atomic mass is 16.2. The van der Waals surface area contributed by atoms with Gasteiger partial charge in [0.25, 0.3) is 0 Å². The number of rotatable bonds is 10. The van der Waals surface area contributed by atoms with Crippen LogP contribution >= 0.6 is 0 Å². The zero-order valence-electron chi connectivity index (χ0n) is 24.1. The molecule has 2 aromatic carbocycles. The van der Waals surface area contributed by atoms with Gasteiger partial charge in [-0.05, 0) is 11.1 Å². The van der Waals surface area contributed by atoms with Crippen molar-refractivity contribution in [3.8, 4) is 0 Å². The van der Waals surface area contributed by atoms with Gasteiger partial charge in [0.1, 0.15) is 26.2 Å². The van der Waals surface area contributed by atoms with Crippen molar-refractivity contribution in [1.82, 2.24) is 20.4 Å². The van der Waals surface area contributed by atoms with Gasteiger partial charge in [0.05, 0.1) is 52.4 Å². The monoisotopic (exact) mass is 548 g/mol. The highest BCUT2D eigenvalue weighted by Crippen LogP contribution is 2.24. The van der Waals surface area contributed by atoms with Crippen LogP contribution < -0.4 is 10.6 Å². The average molecular weight is 549 g/mol. The molecule has 8 heteroatoms. The lowest BCUT2D eigenvalue weighted by Crippen LogP contribution is -2.73. The highest BCUT2D eigenvalue weighted by molar-refractivity contribution is 5.76. The van der Waals surface area contributed by atoms with E-state index >= 15 is 0 Å². The van der Waals surface area contributed by atoms with E-state index < -0.39 is 0 Å². The lowest BCUT2D eigenvalue weighted by molar-refractivity contribution is -1.03. The molecule has 0 aliphatic carbocycles. The zero-order chi connectivity index (χ0) is 27.7. The van der Waals surface area contributed by atoms with Crippen molar-refractivity contribution in [3.63, 3.8) is 0 Å². The Morgan fingerprint density at radius 3 is 1.25 bits per heavy atom. The fourth-order valence-electron chi connectivity index (χ4n) is 6.61. The average Bonchev–Trinajstić information content (AvgIpc) is 3.01. The summed E-state index contributed by atoms with van der Waals surface area (Å²) in [5, 5.41) is 6.82. The van der Waals surface area contributed by atoms with Crippen LogP contribution in [0, 0.1) is 0 Å². The molecule has 3 aliphatic rings. The molecule has 5 rings (SSSR count). The van der Waals surface area contributed by atoms with E-state index in [1.807, 2.05) is 36.4 Å². The van der Waals surface area contributed by atoms with Crippen LogP contribution in [0.4, 0.5) is 0 Å². The van der Waals surface area contributed by atoms with Gasteiger partial charge in [-0.25, -0.2) is 0 Å². The number of hydrogen-bond donors (Lipinski definition) is 2. The number of hydrogen-bond acceptors (Lipinski definition) is 4. The number of carbonyl (C=O) groups excluding carboxylic acids is 2. The van der Waals surface area contributed by atoms with Gasteiger partial charge in [-0.3, -0.25) is 9.59 Å². The molecule has 0 radical (unpaired) electrons. The molecule has 3 fully saturated rings. The molecule has 216 valence electrons. The van der Waals surface area contributed by atoms with E-state index in [2.05, 4.69) is 44.7 Å². The molecule has 0 aromatic heterocycles. The lowest BCUT2D eigenvalue weighted by atomic mass is 10.1. The Morgan fingerprint density at radius 2 is 0.900 bits per heavy atom. The van der Waals surface area contributed by atoms with Crippen LogP contribution in [0.15, 0.2) is 60.7 Å². The Labute approximate surface area is 240 Å². The number of amides is 2. The summed E-state index contributed by atoms with van der Waals surface area (Å²) >= 11 is 0. The van der Waals surface area contributed by atoms with Gasteiger partial charge < -0.3 is 29.4 Å². The van der Waals surface area contributed by atoms with E-state index in [4.69, 9.17) is 0 Å². The minimum Gasteiger partial charge on any atom is -0.331 e. The maximum Gasteiger partial charge on any atom is 0.224 e. The van der Waals surface area contributed by atoms with Gasteiger partial charge in [0.15, 0.2) is 0 Å². The Balaban J connectivity index is 0.960. The Hall–Kier alpha value is -2.78. The fourth-order valence-corrected chi connectivity index (χ4v) is 6.61. The van der Waals surface area contributed by atoms with E-state index in [0.29, 0.717) is 12.8 Å². The summed E-state index contributed by atoms with van der Waals surface area (Å²) in [5.41, 5.74) is 2.51. The van der Waals surface area contributed by atoms with Crippen LogP contribution in [0.5, 0.6) is 0 Å². The highest BCUT2D eigenvalue weighted by Gasteiger charge is 2.45. The number of quaternary nitrogens is 2. The molecular weight excluding hydrogens is 500 g/mol. The first kappa shape index (κ1) is 28.7. The third-order valence-electron chi connectivity index (χ3n) is 9.55. The predicted molar refractivity (Wildman–Crippen MR) is 158 cm³/mol. The third-order valence-corrected chi connectivity index (χ3v) is 9.55. The zero-order valence-corrected chi connectivity index (χ0v) is 24.1. The molecule has 3 saturated heterocycles. The molecule has 0 saturated carbocycles. The molecule has 0 atom stereocenters. The number of piperazine rings is 3.